The summed E-state index contributed by atoms with van der Waals surface area (Å²) in [6.45, 7) is 6.09. The Balaban J connectivity index is 1.78. The molecule has 1 amide bonds. The van der Waals surface area contributed by atoms with Gasteiger partial charge in [-0.15, -0.1) is 15.7 Å². The van der Waals surface area contributed by atoms with Crippen molar-refractivity contribution in [1.82, 2.24) is 9.88 Å². The number of aromatic nitrogens is 1. The summed E-state index contributed by atoms with van der Waals surface area (Å²) in [4.78, 5) is 22.5. The van der Waals surface area contributed by atoms with Crippen molar-refractivity contribution in [2.24, 2.45) is 4.40 Å². The number of benzene rings is 1. The van der Waals surface area contributed by atoms with E-state index >= 15 is 0 Å². The van der Waals surface area contributed by atoms with Crippen LogP contribution >= 0.6 is 34.9 Å². The van der Waals surface area contributed by atoms with E-state index in [1.54, 1.807) is 31.3 Å². The molecule has 1 aromatic heterocycles. The summed E-state index contributed by atoms with van der Waals surface area (Å²) in [5.74, 6) is -0.254. The molecule has 4 rings (SSSR count). The molecule has 7 nitrogen and oxygen atoms in total. The molecule has 0 bridgehead atoms. The SMILES string of the molecule is CCN1C(=O)/C(=C2\SC(C)=C(C)N2c2nccs2)S/C1=N/S(=O)(=O)c1ccccc1. The molecule has 156 valence electrons. The number of carbonyl (C=O) groups is 1. The molecule has 1 aromatic carbocycles. The quantitative estimate of drug-likeness (QED) is 0.600. The van der Waals surface area contributed by atoms with Gasteiger partial charge in [0.25, 0.3) is 15.9 Å². The highest BCUT2D eigenvalue weighted by atomic mass is 32.2. The van der Waals surface area contributed by atoms with Crippen LogP contribution in [0.2, 0.25) is 0 Å². The number of hydrogen-bond acceptors (Lipinski definition) is 8. The minimum Gasteiger partial charge on any atom is -0.286 e. The molecule has 0 N–H and O–H groups in total. The molecule has 11 heteroatoms. The van der Waals surface area contributed by atoms with Crippen molar-refractivity contribution in [3.8, 4) is 0 Å². The van der Waals surface area contributed by atoms with Gasteiger partial charge in [0.15, 0.2) is 10.3 Å². The van der Waals surface area contributed by atoms with Crippen LogP contribution in [-0.4, -0.2) is 35.9 Å². The van der Waals surface area contributed by atoms with Crippen LogP contribution in [0.1, 0.15) is 20.8 Å². The van der Waals surface area contributed by atoms with Gasteiger partial charge < -0.3 is 0 Å². The lowest BCUT2D eigenvalue weighted by molar-refractivity contribution is -0.122. The minimum absolute atomic E-state index is 0.0933. The number of amides is 1. The van der Waals surface area contributed by atoms with Crippen molar-refractivity contribution in [2.45, 2.75) is 25.7 Å². The first-order chi connectivity index (χ1) is 14.3. The molecule has 0 spiro atoms. The average Bonchev–Trinajstić information content (AvgIpc) is 3.42. The molecule has 1 saturated heterocycles. The van der Waals surface area contributed by atoms with Gasteiger partial charge in [-0.05, 0) is 44.7 Å². The van der Waals surface area contributed by atoms with E-state index in [0.29, 0.717) is 11.4 Å². The summed E-state index contributed by atoms with van der Waals surface area (Å²) in [6.07, 6.45) is 1.72. The van der Waals surface area contributed by atoms with Crippen LogP contribution < -0.4 is 4.90 Å². The Labute approximate surface area is 187 Å². The zero-order valence-corrected chi connectivity index (χ0v) is 19.7. The number of rotatable bonds is 4. The lowest BCUT2D eigenvalue weighted by Gasteiger charge is -2.19. The number of likely N-dealkylation sites (N-methyl/N-ethyl adjacent to an activating group) is 1. The Morgan fingerprint density at radius 2 is 1.87 bits per heavy atom. The van der Waals surface area contributed by atoms with Crippen molar-refractivity contribution in [3.63, 3.8) is 0 Å². The summed E-state index contributed by atoms with van der Waals surface area (Å²) in [7, 11) is -3.93. The molecule has 30 heavy (non-hydrogen) atoms. The van der Waals surface area contributed by atoms with Crippen molar-refractivity contribution in [1.29, 1.82) is 0 Å². The number of sulfonamides is 1. The molecule has 0 unspecified atom stereocenters. The Bertz CT molecular complexity index is 1190. The van der Waals surface area contributed by atoms with E-state index in [-0.39, 0.29) is 16.0 Å². The first-order valence-electron chi connectivity index (χ1n) is 9.02. The van der Waals surface area contributed by atoms with Gasteiger partial charge in [-0.2, -0.15) is 8.42 Å². The summed E-state index contributed by atoms with van der Waals surface area (Å²) >= 11 is 4.06. The van der Waals surface area contributed by atoms with E-state index in [1.807, 2.05) is 24.1 Å². The van der Waals surface area contributed by atoms with Crippen LogP contribution in [0.3, 0.4) is 0 Å². The van der Waals surface area contributed by atoms with Crippen molar-refractivity contribution in [2.75, 3.05) is 11.4 Å². The summed E-state index contributed by atoms with van der Waals surface area (Å²) in [5.41, 5.74) is 0.996. The maximum atomic E-state index is 13.2. The van der Waals surface area contributed by atoms with Crippen molar-refractivity contribution >= 4 is 61.1 Å². The van der Waals surface area contributed by atoms with Crippen molar-refractivity contribution < 1.29 is 13.2 Å². The number of carbonyl (C=O) groups excluding carboxylic acids is 1. The first kappa shape index (κ1) is 21.2. The lowest BCUT2D eigenvalue weighted by Crippen LogP contribution is -2.30. The first-order valence-corrected chi connectivity index (χ1v) is 13.0. The molecule has 0 radical (unpaired) electrons. The third-order valence-corrected chi connectivity index (χ3v) is 9.05. The van der Waals surface area contributed by atoms with Gasteiger partial charge in [0.05, 0.1) is 4.90 Å². The maximum Gasteiger partial charge on any atom is 0.284 e. The number of allylic oxidation sites excluding steroid dienone is 2. The highest BCUT2D eigenvalue weighted by molar-refractivity contribution is 8.20. The fourth-order valence-electron chi connectivity index (χ4n) is 2.91. The number of anilines is 1. The van der Waals surface area contributed by atoms with Crippen LogP contribution in [0.15, 0.2) is 71.7 Å². The van der Waals surface area contributed by atoms with Gasteiger partial charge in [0.1, 0.15) is 9.93 Å². The standard InChI is InChI=1S/C19H18N4O3S4/c1-4-22-16(24)15(17-23(12(2)13(3)28-17)18-20-10-11-27-18)29-19(22)21-30(25,26)14-8-6-5-7-9-14/h5-11H,4H2,1-3H3/b17-15+,21-19+. The number of nitrogens with zero attached hydrogens (tertiary/aromatic N) is 4. The summed E-state index contributed by atoms with van der Waals surface area (Å²) < 4.78 is 29.5. The Morgan fingerprint density at radius 3 is 2.50 bits per heavy atom. The van der Waals surface area contributed by atoms with Crippen LogP contribution in [0.4, 0.5) is 5.13 Å². The Hall–Kier alpha value is -2.08. The second-order valence-corrected chi connectivity index (χ2v) is 11.0. The predicted octanol–water partition coefficient (Wildman–Crippen LogP) is 4.46. The van der Waals surface area contributed by atoms with Gasteiger partial charge in [-0.3, -0.25) is 14.6 Å². The van der Waals surface area contributed by atoms with Crippen molar-refractivity contribution in [3.05, 3.63) is 62.4 Å². The summed E-state index contributed by atoms with van der Waals surface area (Å²) in [6, 6.07) is 8.00. The van der Waals surface area contributed by atoms with E-state index in [9.17, 15) is 13.2 Å². The highest BCUT2D eigenvalue weighted by Gasteiger charge is 2.40. The van der Waals surface area contributed by atoms with E-state index in [2.05, 4.69) is 9.38 Å². The highest BCUT2D eigenvalue weighted by Crippen LogP contribution is 2.49. The van der Waals surface area contributed by atoms with Crippen LogP contribution in [0, 0.1) is 0 Å². The average molecular weight is 479 g/mol. The molecule has 0 aliphatic carbocycles. The number of thioether (sulfide) groups is 2. The molecule has 3 heterocycles. The van der Waals surface area contributed by atoms with E-state index in [4.69, 9.17) is 0 Å². The van der Waals surface area contributed by atoms with Gasteiger partial charge in [-0.25, -0.2) is 4.98 Å². The summed E-state index contributed by atoms with van der Waals surface area (Å²) in [5, 5.41) is 3.54. The van der Waals surface area contributed by atoms with Gasteiger partial charge in [-0.1, -0.05) is 30.0 Å². The van der Waals surface area contributed by atoms with E-state index < -0.39 is 10.0 Å². The number of amidine groups is 1. The zero-order chi connectivity index (χ0) is 21.5. The van der Waals surface area contributed by atoms with Gasteiger partial charge in [0, 0.05) is 28.7 Å². The van der Waals surface area contributed by atoms with Crippen LogP contribution in [0.25, 0.3) is 0 Å². The van der Waals surface area contributed by atoms with E-state index in [1.165, 1.54) is 40.1 Å². The Morgan fingerprint density at radius 1 is 1.13 bits per heavy atom. The van der Waals surface area contributed by atoms with Crippen LogP contribution in [-0.2, 0) is 14.8 Å². The molecule has 0 atom stereocenters. The molecule has 2 aromatic rings. The molecule has 2 aliphatic rings. The maximum absolute atomic E-state index is 13.2. The topological polar surface area (TPSA) is 82.9 Å². The number of hydrogen-bond donors (Lipinski definition) is 0. The molecule has 1 fully saturated rings. The zero-order valence-electron chi connectivity index (χ0n) is 16.4. The fraction of sp³-hybridized carbons (Fsp3) is 0.211. The smallest absolute Gasteiger partial charge is 0.284 e. The molecule has 2 aliphatic heterocycles. The monoisotopic (exact) mass is 478 g/mol. The predicted molar refractivity (Wildman–Crippen MR) is 124 cm³/mol. The Kier molecular flexibility index (Phi) is 5.80. The molecule has 0 saturated carbocycles. The lowest BCUT2D eigenvalue weighted by atomic mass is 10.4. The second-order valence-electron chi connectivity index (χ2n) is 6.34. The fourth-order valence-corrected chi connectivity index (χ4v) is 7.17. The molecular weight excluding hydrogens is 461 g/mol. The number of thiazole rings is 1. The van der Waals surface area contributed by atoms with Crippen LogP contribution in [0.5, 0.6) is 0 Å². The normalized spacial score (nSPS) is 21.4. The third kappa shape index (κ3) is 3.70. The largest absolute Gasteiger partial charge is 0.286 e. The van der Waals surface area contributed by atoms with Gasteiger partial charge in [0.2, 0.25) is 0 Å². The molecular formula is C19H18N4O3S4. The second kappa shape index (κ2) is 8.22. The minimum atomic E-state index is -3.93. The van der Waals surface area contributed by atoms with E-state index in [0.717, 1.165) is 32.5 Å². The van der Waals surface area contributed by atoms with Gasteiger partial charge >= 0.3 is 0 Å². The third-order valence-electron chi connectivity index (χ3n) is 4.52.